The highest BCUT2D eigenvalue weighted by Crippen LogP contribution is 2.38. The SMILES string of the molecule is CC1(C)C(CN)CN1Cc1cccc2c1C(=O)N(C1CCC(=O)NC1=O)C2. The lowest BCUT2D eigenvalue weighted by Crippen LogP contribution is -2.65. The van der Waals surface area contributed by atoms with Crippen molar-refractivity contribution >= 4 is 17.7 Å². The molecule has 3 aliphatic heterocycles. The molecule has 0 aromatic heterocycles. The largest absolute Gasteiger partial charge is 0.330 e. The summed E-state index contributed by atoms with van der Waals surface area (Å²) in [7, 11) is 0. The Balaban J connectivity index is 1.56. The Morgan fingerprint density at radius 1 is 1.26 bits per heavy atom. The Bertz CT molecular complexity index is 819. The van der Waals surface area contributed by atoms with Crippen molar-refractivity contribution in [1.82, 2.24) is 15.1 Å². The average Bonchev–Trinajstić information content (AvgIpc) is 2.95. The zero-order valence-electron chi connectivity index (χ0n) is 15.8. The van der Waals surface area contributed by atoms with Crippen LogP contribution in [0.5, 0.6) is 0 Å². The standard InChI is InChI=1S/C20H26N4O3/c1-20(2)14(8-21)11-23(20)9-12-4-3-5-13-10-24(19(27)17(12)13)15-6-7-16(25)22-18(15)26/h3-5,14-15H,6-11,21H2,1-2H3,(H,22,25,26). The van der Waals surface area contributed by atoms with Crippen LogP contribution < -0.4 is 11.1 Å². The Labute approximate surface area is 158 Å². The van der Waals surface area contributed by atoms with Crippen LogP contribution >= 0.6 is 0 Å². The molecule has 7 nitrogen and oxygen atoms in total. The molecule has 2 atom stereocenters. The number of fused-ring (bicyclic) bond motifs is 1. The van der Waals surface area contributed by atoms with Gasteiger partial charge in [0.15, 0.2) is 0 Å². The van der Waals surface area contributed by atoms with Gasteiger partial charge in [0.25, 0.3) is 5.91 Å². The van der Waals surface area contributed by atoms with Crippen molar-refractivity contribution < 1.29 is 14.4 Å². The number of carbonyl (C=O) groups excluding carboxylic acids is 3. The number of nitrogens with two attached hydrogens (primary N) is 1. The van der Waals surface area contributed by atoms with Crippen molar-refractivity contribution in [1.29, 1.82) is 0 Å². The molecule has 4 rings (SSSR count). The number of likely N-dealkylation sites (tertiary alicyclic amines) is 1. The lowest BCUT2D eigenvalue weighted by Gasteiger charge is -2.55. The maximum Gasteiger partial charge on any atom is 0.255 e. The number of hydrogen-bond acceptors (Lipinski definition) is 5. The summed E-state index contributed by atoms with van der Waals surface area (Å²) in [5.41, 5.74) is 8.54. The molecule has 3 heterocycles. The molecule has 2 unspecified atom stereocenters. The fourth-order valence-electron chi connectivity index (χ4n) is 4.53. The Morgan fingerprint density at radius 2 is 2.04 bits per heavy atom. The van der Waals surface area contributed by atoms with E-state index in [0.29, 0.717) is 37.5 Å². The van der Waals surface area contributed by atoms with Gasteiger partial charge in [-0.1, -0.05) is 18.2 Å². The van der Waals surface area contributed by atoms with Gasteiger partial charge in [-0.2, -0.15) is 0 Å². The zero-order chi connectivity index (χ0) is 19.3. The number of nitrogens with one attached hydrogen (secondary N) is 1. The van der Waals surface area contributed by atoms with E-state index in [1.54, 1.807) is 4.90 Å². The number of amides is 3. The van der Waals surface area contributed by atoms with Gasteiger partial charge >= 0.3 is 0 Å². The summed E-state index contributed by atoms with van der Waals surface area (Å²) in [5, 5.41) is 2.35. The molecule has 1 aromatic rings. The van der Waals surface area contributed by atoms with Crippen molar-refractivity contribution in [3.63, 3.8) is 0 Å². The van der Waals surface area contributed by atoms with Crippen LogP contribution in [-0.2, 0) is 22.7 Å². The van der Waals surface area contributed by atoms with Crippen molar-refractivity contribution in [3.8, 4) is 0 Å². The van der Waals surface area contributed by atoms with E-state index >= 15 is 0 Å². The summed E-state index contributed by atoms with van der Waals surface area (Å²) >= 11 is 0. The number of imide groups is 1. The molecule has 0 aliphatic carbocycles. The van der Waals surface area contributed by atoms with E-state index in [1.165, 1.54) is 0 Å². The Kier molecular flexibility index (Phi) is 4.31. The highest BCUT2D eigenvalue weighted by molar-refractivity contribution is 6.05. The molecule has 27 heavy (non-hydrogen) atoms. The van der Waals surface area contributed by atoms with Gasteiger partial charge < -0.3 is 10.6 Å². The first-order valence-electron chi connectivity index (χ1n) is 9.53. The smallest absolute Gasteiger partial charge is 0.255 e. The van der Waals surface area contributed by atoms with Gasteiger partial charge in [-0.15, -0.1) is 0 Å². The first kappa shape index (κ1) is 18.1. The molecule has 3 N–H and O–H groups in total. The van der Waals surface area contributed by atoms with Crippen molar-refractivity contribution in [2.45, 2.75) is 51.4 Å². The number of piperidine rings is 1. The first-order chi connectivity index (χ1) is 12.8. The van der Waals surface area contributed by atoms with E-state index in [0.717, 1.165) is 17.7 Å². The van der Waals surface area contributed by atoms with Crippen LogP contribution in [0.2, 0.25) is 0 Å². The highest BCUT2D eigenvalue weighted by atomic mass is 16.2. The summed E-state index contributed by atoms with van der Waals surface area (Å²) in [5.74, 6) is -0.284. The molecular formula is C20H26N4O3. The van der Waals surface area contributed by atoms with E-state index in [4.69, 9.17) is 5.73 Å². The molecule has 0 bridgehead atoms. The van der Waals surface area contributed by atoms with Gasteiger partial charge in [-0.25, -0.2) is 0 Å². The quantitative estimate of drug-likeness (QED) is 0.758. The number of rotatable bonds is 4. The van der Waals surface area contributed by atoms with E-state index in [2.05, 4.69) is 24.1 Å². The average molecular weight is 370 g/mol. The molecule has 3 amide bonds. The second-order valence-electron chi connectivity index (χ2n) is 8.32. The summed E-state index contributed by atoms with van der Waals surface area (Å²) in [6.07, 6.45) is 0.656. The molecule has 2 fully saturated rings. The number of benzene rings is 1. The number of hydrogen-bond donors (Lipinski definition) is 2. The monoisotopic (exact) mass is 370 g/mol. The Hall–Kier alpha value is -2.25. The molecule has 2 saturated heterocycles. The van der Waals surface area contributed by atoms with Crippen molar-refractivity contribution in [2.75, 3.05) is 13.1 Å². The van der Waals surface area contributed by atoms with Gasteiger partial charge in [0.2, 0.25) is 11.8 Å². The molecule has 0 spiro atoms. The number of carbonyl (C=O) groups is 3. The Morgan fingerprint density at radius 3 is 2.70 bits per heavy atom. The molecule has 0 radical (unpaired) electrons. The summed E-state index contributed by atoms with van der Waals surface area (Å²) in [6, 6.07) is 5.35. The van der Waals surface area contributed by atoms with E-state index in [9.17, 15) is 14.4 Å². The minimum atomic E-state index is -0.572. The van der Waals surface area contributed by atoms with Gasteiger partial charge in [0.1, 0.15) is 6.04 Å². The molecule has 0 saturated carbocycles. The minimum Gasteiger partial charge on any atom is -0.330 e. The fourth-order valence-corrected chi connectivity index (χ4v) is 4.53. The van der Waals surface area contributed by atoms with Crippen LogP contribution in [0.15, 0.2) is 18.2 Å². The lowest BCUT2D eigenvalue weighted by molar-refractivity contribution is -0.136. The van der Waals surface area contributed by atoms with Crippen LogP contribution in [0.1, 0.15) is 48.2 Å². The molecule has 7 heteroatoms. The zero-order valence-corrected chi connectivity index (χ0v) is 15.8. The predicted molar refractivity (Wildman–Crippen MR) is 99.5 cm³/mol. The van der Waals surface area contributed by atoms with Crippen LogP contribution in [0.3, 0.4) is 0 Å². The summed E-state index contributed by atoms with van der Waals surface area (Å²) in [6.45, 7) is 7.09. The lowest BCUT2D eigenvalue weighted by atomic mass is 9.76. The van der Waals surface area contributed by atoms with Gasteiger partial charge in [-0.05, 0) is 37.9 Å². The molecule has 1 aromatic carbocycles. The van der Waals surface area contributed by atoms with Crippen LogP contribution in [0.25, 0.3) is 0 Å². The fraction of sp³-hybridized carbons (Fsp3) is 0.550. The highest BCUT2D eigenvalue weighted by Gasteiger charge is 2.46. The molecular weight excluding hydrogens is 344 g/mol. The third-order valence-corrected chi connectivity index (χ3v) is 6.54. The second kappa shape index (κ2) is 6.42. The molecule has 3 aliphatic rings. The van der Waals surface area contributed by atoms with Crippen molar-refractivity contribution in [3.05, 3.63) is 34.9 Å². The molecule has 144 valence electrons. The van der Waals surface area contributed by atoms with Gasteiger partial charge in [0, 0.05) is 43.1 Å². The maximum absolute atomic E-state index is 13.1. The minimum absolute atomic E-state index is 0.0163. The topological polar surface area (TPSA) is 95.7 Å². The first-order valence-corrected chi connectivity index (χ1v) is 9.53. The van der Waals surface area contributed by atoms with Gasteiger partial charge in [0.05, 0.1) is 0 Å². The summed E-state index contributed by atoms with van der Waals surface area (Å²) < 4.78 is 0. The summed E-state index contributed by atoms with van der Waals surface area (Å²) in [4.78, 5) is 40.7. The van der Waals surface area contributed by atoms with Crippen molar-refractivity contribution in [2.24, 2.45) is 11.7 Å². The normalized spacial score (nSPS) is 27.4. The third kappa shape index (κ3) is 2.85. The maximum atomic E-state index is 13.1. The second-order valence-corrected chi connectivity index (χ2v) is 8.32. The van der Waals surface area contributed by atoms with Crippen LogP contribution in [0, 0.1) is 5.92 Å². The predicted octanol–water partition coefficient (Wildman–Crippen LogP) is 0.617. The van der Waals surface area contributed by atoms with Crippen LogP contribution in [-0.4, -0.2) is 52.2 Å². The third-order valence-electron chi connectivity index (χ3n) is 6.54. The van der Waals surface area contributed by atoms with Crippen LogP contribution in [0.4, 0.5) is 0 Å². The van der Waals surface area contributed by atoms with E-state index in [1.807, 2.05) is 18.2 Å². The van der Waals surface area contributed by atoms with E-state index < -0.39 is 6.04 Å². The van der Waals surface area contributed by atoms with E-state index in [-0.39, 0.29) is 29.7 Å². The number of nitrogens with zero attached hydrogens (tertiary/aromatic N) is 2. The van der Waals surface area contributed by atoms with Gasteiger partial charge in [-0.3, -0.25) is 24.6 Å².